The third-order valence-corrected chi connectivity index (χ3v) is 3.97. The molecule has 0 saturated carbocycles. The number of hydrogen-bond donors (Lipinski definition) is 2. The lowest BCUT2D eigenvalue weighted by molar-refractivity contribution is -0.141. The number of aromatic nitrogens is 4. The van der Waals surface area contributed by atoms with Crippen LogP contribution in [0.2, 0.25) is 5.15 Å². The van der Waals surface area contributed by atoms with Gasteiger partial charge in [-0.25, -0.2) is 14.3 Å². The van der Waals surface area contributed by atoms with Gasteiger partial charge in [0.2, 0.25) is 0 Å². The van der Waals surface area contributed by atoms with Crippen molar-refractivity contribution in [2.45, 2.75) is 19.2 Å². The molecule has 0 saturated heterocycles. The number of fused-ring (bicyclic) bond motifs is 1. The summed E-state index contributed by atoms with van der Waals surface area (Å²) in [5.41, 5.74) is -0.0334. The summed E-state index contributed by atoms with van der Waals surface area (Å²) in [6, 6.07) is 2.73. The number of anilines is 2. The number of urea groups is 1. The molecule has 8 nitrogen and oxygen atoms in total. The van der Waals surface area contributed by atoms with Crippen molar-refractivity contribution in [2.75, 3.05) is 17.7 Å². The number of alkyl halides is 3. The highest BCUT2D eigenvalue weighted by molar-refractivity contribution is 6.29. The van der Waals surface area contributed by atoms with Crippen LogP contribution in [0.5, 0.6) is 0 Å². The fraction of sp³-hybridized carbons (Fsp3) is 0.250. The first-order chi connectivity index (χ1) is 13.2. The number of nitrogens with zero attached hydrogens (tertiary/aromatic N) is 4. The molecule has 0 bridgehead atoms. The van der Waals surface area contributed by atoms with Crippen molar-refractivity contribution in [3.63, 3.8) is 0 Å². The molecule has 3 aromatic rings. The zero-order valence-electron chi connectivity index (χ0n) is 14.6. The summed E-state index contributed by atoms with van der Waals surface area (Å²) < 4.78 is 45.0. The van der Waals surface area contributed by atoms with Crippen molar-refractivity contribution in [2.24, 2.45) is 0 Å². The van der Waals surface area contributed by atoms with Crippen LogP contribution in [-0.4, -0.2) is 32.7 Å². The fourth-order valence-electron chi connectivity index (χ4n) is 2.47. The van der Waals surface area contributed by atoms with E-state index >= 15 is 0 Å². The standard InChI is InChI=1S/C16H14ClF3N6O2/c1-8(28-2)14-10(7-22-13-6-12(17)25-26(13)14)24-15(27)23-9-3-4-21-11(5-9)16(18,19)20/h3-8H,1-2H3,(H2,21,23,24,27). The number of carbonyl (C=O) groups is 1. The number of rotatable bonds is 4. The summed E-state index contributed by atoms with van der Waals surface area (Å²) in [7, 11) is 1.47. The second-order valence-electron chi connectivity index (χ2n) is 5.68. The van der Waals surface area contributed by atoms with Crippen molar-refractivity contribution >= 4 is 34.7 Å². The molecule has 1 unspecified atom stereocenters. The lowest BCUT2D eigenvalue weighted by atomic mass is 10.2. The van der Waals surface area contributed by atoms with Crippen molar-refractivity contribution in [3.05, 3.63) is 47.1 Å². The van der Waals surface area contributed by atoms with Crippen molar-refractivity contribution in [3.8, 4) is 0 Å². The van der Waals surface area contributed by atoms with E-state index in [2.05, 4.69) is 25.7 Å². The molecule has 3 heterocycles. The largest absolute Gasteiger partial charge is 0.433 e. The third kappa shape index (κ3) is 4.15. The average Bonchev–Trinajstić information content (AvgIpc) is 3.00. The van der Waals surface area contributed by atoms with Gasteiger partial charge in [-0.1, -0.05) is 11.6 Å². The summed E-state index contributed by atoms with van der Waals surface area (Å²) in [5, 5.41) is 9.17. The van der Waals surface area contributed by atoms with E-state index < -0.39 is 24.0 Å². The van der Waals surface area contributed by atoms with Gasteiger partial charge >= 0.3 is 12.2 Å². The zero-order chi connectivity index (χ0) is 20.5. The normalized spacial score (nSPS) is 12.8. The molecule has 0 fully saturated rings. The first-order valence-electron chi connectivity index (χ1n) is 7.87. The molecule has 0 aliphatic heterocycles. The van der Waals surface area contributed by atoms with E-state index in [1.807, 2.05) is 0 Å². The number of methoxy groups -OCH3 is 1. The van der Waals surface area contributed by atoms with Crippen LogP contribution in [0.4, 0.5) is 29.3 Å². The van der Waals surface area contributed by atoms with E-state index in [9.17, 15) is 18.0 Å². The molecule has 3 rings (SSSR count). The van der Waals surface area contributed by atoms with Crippen LogP contribution in [0.25, 0.3) is 5.65 Å². The van der Waals surface area contributed by atoms with Gasteiger partial charge in [0.25, 0.3) is 0 Å². The van der Waals surface area contributed by atoms with Crippen LogP contribution in [0.15, 0.2) is 30.6 Å². The lowest BCUT2D eigenvalue weighted by Crippen LogP contribution is -2.22. The molecule has 0 spiro atoms. The fourth-order valence-corrected chi connectivity index (χ4v) is 2.64. The van der Waals surface area contributed by atoms with E-state index in [4.69, 9.17) is 16.3 Å². The van der Waals surface area contributed by atoms with Gasteiger partial charge in [0.1, 0.15) is 5.69 Å². The molecular weight excluding hydrogens is 401 g/mol. The maximum atomic E-state index is 12.7. The second-order valence-corrected chi connectivity index (χ2v) is 6.07. The van der Waals surface area contributed by atoms with Gasteiger partial charge in [-0.2, -0.15) is 18.3 Å². The molecule has 0 aliphatic carbocycles. The third-order valence-electron chi connectivity index (χ3n) is 3.79. The average molecular weight is 415 g/mol. The molecule has 1 atom stereocenters. The van der Waals surface area contributed by atoms with Crippen LogP contribution < -0.4 is 10.6 Å². The van der Waals surface area contributed by atoms with Crippen LogP contribution in [0.1, 0.15) is 24.4 Å². The minimum absolute atomic E-state index is 0.0719. The Bertz CT molecular complexity index is 1020. The Hall–Kier alpha value is -2.92. The number of nitrogens with one attached hydrogen (secondary N) is 2. The van der Waals surface area contributed by atoms with Gasteiger partial charge < -0.3 is 15.4 Å². The first kappa shape index (κ1) is 19.8. The minimum Gasteiger partial charge on any atom is -0.375 e. The Morgan fingerprint density at radius 1 is 1.29 bits per heavy atom. The summed E-state index contributed by atoms with van der Waals surface area (Å²) in [6.07, 6.45) is -2.78. The van der Waals surface area contributed by atoms with Crippen LogP contribution >= 0.6 is 11.6 Å². The Kier molecular flexibility index (Phi) is 5.38. The number of halogens is 4. The quantitative estimate of drug-likeness (QED) is 0.669. The highest BCUT2D eigenvalue weighted by atomic mass is 35.5. The highest BCUT2D eigenvalue weighted by Crippen LogP contribution is 2.29. The Balaban J connectivity index is 1.87. The van der Waals surface area contributed by atoms with Crippen molar-refractivity contribution in [1.82, 2.24) is 19.6 Å². The molecule has 3 aromatic heterocycles. The van der Waals surface area contributed by atoms with Gasteiger partial charge in [0, 0.05) is 25.1 Å². The lowest BCUT2D eigenvalue weighted by Gasteiger charge is -2.17. The monoisotopic (exact) mass is 414 g/mol. The maximum absolute atomic E-state index is 12.7. The molecule has 0 aliphatic rings. The Morgan fingerprint density at radius 3 is 2.71 bits per heavy atom. The first-order valence-corrected chi connectivity index (χ1v) is 8.25. The molecule has 0 radical (unpaired) electrons. The number of hydrogen-bond acceptors (Lipinski definition) is 5. The van der Waals surface area contributed by atoms with Gasteiger partial charge in [-0.3, -0.25) is 4.98 Å². The van der Waals surface area contributed by atoms with Gasteiger partial charge in [-0.05, 0) is 19.1 Å². The molecule has 148 valence electrons. The van der Waals surface area contributed by atoms with Crippen LogP contribution in [0, 0.1) is 0 Å². The van der Waals surface area contributed by atoms with E-state index in [-0.39, 0.29) is 16.5 Å². The van der Waals surface area contributed by atoms with Crippen LogP contribution in [-0.2, 0) is 10.9 Å². The highest BCUT2D eigenvalue weighted by Gasteiger charge is 2.32. The van der Waals surface area contributed by atoms with Crippen LogP contribution in [0.3, 0.4) is 0 Å². The number of amides is 2. The molecule has 2 N–H and O–H groups in total. The van der Waals surface area contributed by atoms with E-state index in [0.717, 1.165) is 12.3 Å². The Labute approximate surface area is 161 Å². The van der Waals surface area contributed by atoms with Gasteiger partial charge in [0.05, 0.1) is 23.7 Å². The minimum atomic E-state index is -4.62. The molecular formula is C16H14ClF3N6O2. The van der Waals surface area contributed by atoms with E-state index in [0.29, 0.717) is 11.3 Å². The van der Waals surface area contributed by atoms with Gasteiger partial charge in [0.15, 0.2) is 10.8 Å². The molecule has 2 amide bonds. The number of ether oxygens (including phenoxy) is 1. The number of pyridine rings is 1. The summed E-state index contributed by atoms with van der Waals surface area (Å²) >= 11 is 5.91. The second kappa shape index (κ2) is 7.60. The molecule has 12 heteroatoms. The van der Waals surface area contributed by atoms with Crippen molar-refractivity contribution < 1.29 is 22.7 Å². The maximum Gasteiger partial charge on any atom is 0.433 e. The zero-order valence-corrected chi connectivity index (χ0v) is 15.3. The molecule has 28 heavy (non-hydrogen) atoms. The Morgan fingerprint density at radius 2 is 2.04 bits per heavy atom. The molecule has 0 aromatic carbocycles. The van der Waals surface area contributed by atoms with E-state index in [1.165, 1.54) is 30.0 Å². The summed E-state index contributed by atoms with van der Waals surface area (Å²) in [4.78, 5) is 19.7. The number of carbonyl (C=O) groups excluding carboxylic acids is 1. The predicted molar refractivity (Wildman–Crippen MR) is 95.3 cm³/mol. The van der Waals surface area contributed by atoms with Gasteiger partial charge in [-0.15, -0.1) is 0 Å². The predicted octanol–water partition coefficient (Wildman–Crippen LogP) is 4.15. The van der Waals surface area contributed by atoms with Crippen molar-refractivity contribution in [1.29, 1.82) is 0 Å². The smallest absolute Gasteiger partial charge is 0.375 e. The van der Waals surface area contributed by atoms with E-state index in [1.54, 1.807) is 6.92 Å². The summed E-state index contributed by atoms with van der Waals surface area (Å²) in [5.74, 6) is 0. The SMILES string of the molecule is COC(C)c1c(NC(=O)Nc2ccnc(C(F)(F)F)c2)cnc2cc(Cl)nn12. The summed E-state index contributed by atoms with van der Waals surface area (Å²) in [6.45, 7) is 1.73. The topological polar surface area (TPSA) is 93.4 Å².